The number of esters is 1. The minimum Gasteiger partial charge on any atom is -0.458 e. The molecule has 2 aliphatic rings. The Morgan fingerprint density at radius 1 is 1.23 bits per heavy atom. The zero-order chi connectivity index (χ0) is 21.7. The fourth-order valence-electron chi connectivity index (χ4n) is 3.65. The van der Waals surface area contributed by atoms with Crippen LogP contribution in [0.5, 0.6) is 0 Å². The van der Waals surface area contributed by atoms with Gasteiger partial charge in [0.25, 0.3) is 0 Å². The van der Waals surface area contributed by atoms with Crippen LogP contribution in [-0.4, -0.2) is 67.6 Å². The molecule has 2 heterocycles. The van der Waals surface area contributed by atoms with E-state index in [0.29, 0.717) is 18.7 Å². The van der Waals surface area contributed by atoms with Gasteiger partial charge in [0.2, 0.25) is 0 Å². The highest BCUT2D eigenvalue weighted by molar-refractivity contribution is 5.89. The number of carbonyl (C=O) groups excluding carboxylic acids is 2. The summed E-state index contributed by atoms with van der Waals surface area (Å²) >= 11 is 0. The first-order valence-corrected chi connectivity index (χ1v) is 10.3. The van der Waals surface area contributed by atoms with Crippen molar-refractivity contribution in [2.45, 2.75) is 51.4 Å². The molecule has 8 nitrogen and oxygen atoms in total. The molecule has 2 aliphatic heterocycles. The van der Waals surface area contributed by atoms with Crippen LogP contribution < -0.4 is 4.90 Å². The number of hydrogen-bond acceptors (Lipinski definition) is 7. The van der Waals surface area contributed by atoms with Crippen molar-refractivity contribution in [3.05, 3.63) is 29.8 Å². The van der Waals surface area contributed by atoms with Gasteiger partial charge >= 0.3 is 12.1 Å². The van der Waals surface area contributed by atoms with Gasteiger partial charge in [-0.2, -0.15) is 5.26 Å². The van der Waals surface area contributed by atoms with Crippen molar-refractivity contribution in [2.24, 2.45) is 0 Å². The molecule has 0 N–H and O–H groups in total. The number of nitriles is 1. The van der Waals surface area contributed by atoms with Crippen molar-refractivity contribution < 1.29 is 23.8 Å². The largest absolute Gasteiger partial charge is 0.458 e. The second-order valence-corrected chi connectivity index (χ2v) is 8.67. The van der Waals surface area contributed by atoms with E-state index in [0.717, 1.165) is 31.6 Å². The van der Waals surface area contributed by atoms with E-state index in [9.17, 15) is 9.59 Å². The molecule has 162 valence electrons. The lowest BCUT2D eigenvalue weighted by Crippen LogP contribution is -2.42. The maximum atomic E-state index is 12.2. The van der Waals surface area contributed by atoms with Gasteiger partial charge in [0, 0.05) is 25.3 Å². The number of benzene rings is 1. The lowest BCUT2D eigenvalue weighted by atomic mass is 10.1. The number of nitrogens with zero attached hydrogens (tertiary/aromatic N) is 3. The third-order valence-corrected chi connectivity index (χ3v) is 5.04. The predicted molar refractivity (Wildman–Crippen MR) is 110 cm³/mol. The Balaban J connectivity index is 1.40. The molecule has 0 aromatic heterocycles. The van der Waals surface area contributed by atoms with Crippen molar-refractivity contribution in [2.75, 3.05) is 37.7 Å². The average Bonchev–Trinajstić information content (AvgIpc) is 3.06. The Bertz CT molecular complexity index is 788. The summed E-state index contributed by atoms with van der Waals surface area (Å²) in [4.78, 5) is 27.9. The highest BCUT2D eigenvalue weighted by Gasteiger charge is 2.34. The molecule has 30 heavy (non-hydrogen) atoms. The predicted octanol–water partition coefficient (Wildman–Crippen LogP) is 2.71. The van der Waals surface area contributed by atoms with Gasteiger partial charge in [0.05, 0.1) is 24.3 Å². The van der Waals surface area contributed by atoms with Gasteiger partial charge < -0.3 is 14.2 Å². The van der Waals surface area contributed by atoms with E-state index in [1.54, 1.807) is 29.2 Å². The number of cyclic esters (lactones) is 1. The summed E-state index contributed by atoms with van der Waals surface area (Å²) in [5.41, 5.74) is 0.782. The van der Waals surface area contributed by atoms with E-state index in [1.165, 1.54) is 0 Å². The van der Waals surface area contributed by atoms with Crippen LogP contribution in [0.15, 0.2) is 24.3 Å². The van der Waals surface area contributed by atoms with Gasteiger partial charge in [-0.05, 0) is 57.9 Å². The van der Waals surface area contributed by atoms with Crippen LogP contribution in [0.25, 0.3) is 0 Å². The van der Waals surface area contributed by atoms with Crippen molar-refractivity contribution in [1.29, 1.82) is 5.26 Å². The smallest absolute Gasteiger partial charge is 0.414 e. The van der Waals surface area contributed by atoms with Crippen molar-refractivity contribution in [3.8, 4) is 6.07 Å². The molecule has 8 heteroatoms. The summed E-state index contributed by atoms with van der Waals surface area (Å²) in [6.45, 7) is 8.28. The fraction of sp³-hybridized carbons (Fsp3) is 0.591. The Labute approximate surface area is 177 Å². The van der Waals surface area contributed by atoms with Crippen LogP contribution in [-0.2, 0) is 19.0 Å². The molecular weight excluding hydrogens is 386 g/mol. The summed E-state index contributed by atoms with van der Waals surface area (Å²) < 4.78 is 16.5. The Morgan fingerprint density at radius 2 is 1.90 bits per heavy atom. The van der Waals surface area contributed by atoms with Crippen LogP contribution in [0.1, 0.15) is 39.2 Å². The molecule has 1 aromatic carbocycles. The second kappa shape index (κ2) is 9.45. The van der Waals surface area contributed by atoms with Gasteiger partial charge in [-0.1, -0.05) is 0 Å². The zero-order valence-corrected chi connectivity index (χ0v) is 17.8. The first-order chi connectivity index (χ1) is 14.2. The van der Waals surface area contributed by atoms with E-state index >= 15 is 0 Å². The molecule has 0 radical (unpaired) electrons. The van der Waals surface area contributed by atoms with Crippen LogP contribution in [0.2, 0.25) is 0 Å². The number of hydrogen-bond donors (Lipinski definition) is 0. The Hall–Kier alpha value is -2.63. The van der Waals surface area contributed by atoms with Gasteiger partial charge in [0.1, 0.15) is 18.3 Å². The third kappa shape index (κ3) is 6.18. The molecule has 2 saturated heterocycles. The Morgan fingerprint density at radius 3 is 2.50 bits per heavy atom. The minimum absolute atomic E-state index is 0.0261. The Kier molecular flexibility index (Phi) is 6.95. The molecular formula is C22H29N3O5. The first kappa shape index (κ1) is 22.1. The van der Waals surface area contributed by atoms with Crippen LogP contribution in [0.4, 0.5) is 10.5 Å². The molecule has 0 spiro atoms. The van der Waals surface area contributed by atoms with Crippen molar-refractivity contribution >= 4 is 17.7 Å². The standard InChI is InChI=1S/C22H29N3O5/c1-22(2,3)30-20(26)15-28-18-8-10-24(11-9-18)13-19-14-25(21(27)29-19)17-6-4-16(12-23)5-7-17/h4-7,18-19H,8-11,13-15H2,1-3H3. The molecule has 0 bridgehead atoms. The number of amides is 1. The molecule has 1 atom stereocenters. The average molecular weight is 415 g/mol. The number of rotatable bonds is 6. The van der Waals surface area contributed by atoms with Gasteiger partial charge in [-0.3, -0.25) is 9.80 Å². The quantitative estimate of drug-likeness (QED) is 0.660. The van der Waals surface area contributed by atoms with E-state index in [-0.39, 0.29) is 30.9 Å². The monoisotopic (exact) mass is 415 g/mol. The lowest BCUT2D eigenvalue weighted by Gasteiger charge is -2.32. The maximum Gasteiger partial charge on any atom is 0.414 e. The minimum atomic E-state index is -0.506. The van der Waals surface area contributed by atoms with Crippen molar-refractivity contribution in [3.63, 3.8) is 0 Å². The zero-order valence-electron chi connectivity index (χ0n) is 17.8. The van der Waals surface area contributed by atoms with Gasteiger partial charge in [0.15, 0.2) is 0 Å². The summed E-state index contributed by atoms with van der Waals surface area (Å²) in [5.74, 6) is -0.342. The topological polar surface area (TPSA) is 92.1 Å². The number of anilines is 1. The number of ether oxygens (including phenoxy) is 3. The third-order valence-electron chi connectivity index (χ3n) is 5.04. The fourth-order valence-corrected chi connectivity index (χ4v) is 3.65. The number of likely N-dealkylation sites (tertiary alicyclic amines) is 1. The molecule has 1 unspecified atom stereocenters. The van der Waals surface area contributed by atoms with Crippen LogP contribution >= 0.6 is 0 Å². The highest BCUT2D eigenvalue weighted by atomic mass is 16.6. The summed E-state index contributed by atoms with van der Waals surface area (Å²) in [6.07, 6.45) is 1.12. The van der Waals surface area contributed by atoms with E-state index < -0.39 is 5.60 Å². The summed E-state index contributed by atoms with van der Waals surface area (Å²) in [6, 6.07) is 8.97. The van der Waals surface area contributed by atoms with Crippen LogP contribution in [0, 0.1) is 11.3 Å². The second-order valence-electron chi connectivity index (χ2n) is 8.67. The molecule has 2 fully saturated rings. The van der Waals surface area contributed by atoms with Gasteiger partial charge in [-0.15, -0.1) is 0 Å². The van der Waals surface area contributed by atoms with E-state index in [4.69, 9.17) is 19.5 Å². The number of piperidine rings is 1. The molecule has 3 rings (SSSR count). The van der Waals surface area contributed by atoms with E-state index in [2.05, 4.69) is 11.0 Å². The molecule has 0 saturated carbocycles. The summed E-state index contributed by atoms with van der Waals surface area (Å²) in [5, 5.41) is 8.90. The molecule has 1 aromatic rings. The molecule has 1 amide bonds. The van der Waals surface area contributed by atoms with Crippen molar-refractivity contribution in [1.82, 2.24) is 4.90 Å². The SMILES string of the molecule is CC(C)(C)OC(=O)COC1CCN(CC2CN(c3ccc(C#N)cc3)C(=O)O2)CC1. The highest BCUT2D eigenvalue weighted by Crippen LogP contribution is 2.23. The first-order valence-electron chi connectivity index (χ1n) is 10.3. The normalized spacial score (nSPS) is 20.7. The maximum absolute atomic E-state index is 12.2. The molecule has 0 aliphatic carbocycles. The number of carbonyl (C=O) groups is 2. The van der Waals surface area contributed by atoms with Crippen LogP contribution in [0.3, 0.4) is 0 Å². The van der Waals surface area contributed by atoms with E-state index in [1.807, 2.05) is 20.8 Å². The van der Waals surface area contributed by atoms with Gasteiger partial charge in [-0.25, -0.2) is 9.59 Å². The lowest BCUT2D eigenvalue weighted by molar-refractivity contribution is -0.163. The summed E-state index contributed by atoms with van der Waals surface area (Å²) in [7, 11) is 0.